The average Bonchev–Trinajstić information content (AvgIpc) is 2.69. The Morgan fingerprint density at radius 2 is 2.20 bits per heavy atom. The normalized spacial score (nSPS) is 16.3. The molecular weight excluding hydrogens is 205 g/mol. The number of carboxylic acids is 1. The number of carboxylic acid groups (broad SMARTS) is 1. The number of rotatable bonds is 3. The Morgan fingerprint density at radius 3 is 2.80 bits per heavy atom. The second-order valence-electron chi connectivity index (χ2n) is 3.70. The van der Waals surface area contributed by atoms with Crippen molar-refractivity contribution in [3.63, 3.8) is 0 Å². The van der Waals surface area contributed by atoms with E-state index >= 15 is 0 Å². The van der Waals surface area contributed by atoms with Gasteiger partial charge in [-0.25, -0.2) is 4.98 Å². The van der Waals surface area contributed by atoms with Gasteiger partial charge in [-0.1, -0.05) is 12.8 Å². The van der Waals surface area contributed by atoms with Crippen LogP contribution in [-0.2, 0) is 11.2 Å². The van der Waals surface area contributed by atoms with Crippen LogP contribution in [-0.4, -0.2) is 11.0 Å². The van der Waals surface area contributed by atoms with Crippen LogP contribution < -0.4 is 24.0 Å². The van der Waals surface area contributed by atoms with E-state index in [1.165, 1.54) is 37.0 Å². The van der Waals surface area contributed by atoms with Gasteiger partial charge < -0.3 is 9.90 Å². The number of thiazole rings is 1. The van der Waals surface area contributed by atoms with E-state index in [1.807, 2.05) is 5.38 Å². The van der Waals surface area contributed by atoms with Gasteiger partial charge in [0, 0.05) is 23.7 Å². The zero-order valence-electron chi connectivity index (χ0n) is 8.86. The molecule has 5 heteroatoms. The minimum atomic E-state index is -1.04. The number of aliphatic carboxylic acids is 1. The summed E-state index contributed by atoms with van der Waals surface area (Å²) in [6.45, 7) is 0. The molecule has 1 aliphatic rings. The third kappa shape index (κ3) is 3.34. The van der Waals surface area contributed by atoms with Crippen molar-refractivity contribution in [3.8, 4) is 0 Å². The molecule has 0 unspecified atom stereocenters. The van der Waals surface area contributed by atoms with E-state index in [1.54, 1.807) is 0 Å². The van der Waals surface area contributed by atoms with E-state index in [0.717, 1.165) is 5.69 Å². The van der Waals surface area contributed by atoms with Crippen molar-refractivity contribution in [3.05, 3.63) is 16.1 Å². The largest absolute Gasteiger partial charge is 1.00 e. The van der Waals surface area contributed by atoms with Gasteiger partial charge in [0.05, 0.1) is 10.7 Å². The van der Waals surface area contributed by atoms with Crippen molar-refractivity contribution in [2.24, 2.45) is 0 Å². The summed E-state index contributed by atoms with van der Waals surface area (Å²) in [6.07, 6.45) is 4.91. The zero-order valence-corrected chi connectivity index (χ0v) is 9.68. The first-order valence-corrected chi connectivity index (χ1v) is 5.78. The molecule has 1 aliphatic carbocycles. The van der Waals surface area contributed by atoms with Crippen molar-refractivity contribution in [2.75, 3.05) is 0 Å². The van der Waals surface area contributed by atoms with Gasteiger partial charge in [0.1, 0.15) is 0 Å². The molecular formula is C10H12LiNO2S. The van der Waals surface area contributed by atoms with Crippen LogP contribution in [0.4, 0.5) is 0 Å². The zero-order chi connectivity index (χ0) is 9.97. The van der Waals surface area contributed by atoms with Gasteiger partial charge in [0.25, 0.3) is 0 Å². The third-order valence-electron chi connectivity index (χ3n) is 2.64. The standard InChI is InChI=1S/C10H13NO2S.Li/c12-10(13)5-9-11-8(6-14-9)7-3-1-2-4-7;/h6-7H,1-5H2,(H,12,13);/q;+1/p-1. The van der Waals surface area contributed by atoms with Crippen molar-refractivity contribution >= 4 is 17.3 Å². The van der Waals surface area contributed by atoms with Crippen LogP contribution in [0, 0.1) is 0 Å². The molecule has 1 saturated carbocycles. The molecule has 0 N–H and O–H groups in total. The monoisotopic (exact) mass is 217 g/mol. The molecule has 0 radical (unpaired) electrons. The Morgan fingerprint density at radius 1 is 1.53 bits per heavy atom. The fraction of sp³-hybridized carbons (Fsp3) is 0.600. The molecule has 1 aromatic heterocycles. The van der Waals surface area contributed by atoms with E-state index < -0.39 is 5.97 Å². The smallest absolute Gasteiger partial charge is 0.550 e. The Kier molecular flexibility index (Phi) is 4.84. The summed E-state index contributed by atoms with van der Waals surface area (Å²) in [5, 5.41) is 13.0. The molecule has 0 saturated heterocycles. The number of nitrogens with zero attached hydrogens (tertiary/aromatic N) is 1. The van der Waals surface area contributed by atoms with Crippen LogP contribution in [0.25, 0.3) is 0 Å². The summed E-state index contributed by atoms with van der Waals surface area (Å²) in [6, 6.07) is 0. The van der Waals surface area contributed by atoms with Crippen molar-refractivity contribution in [1.82, 2.24) is 4.98 Å². The molecule has 0 spiro atoms. The summed E-state index contributed by atoms with van der Waals surface area (Å²) in [4.78, 5) is 14.7. The fourth-order valence-electron chi connectivity index (χ4n) is 1.94. The van der Waals surface area contributed by atoms with Gasteiger partial charge in [-0.05, 0) is 12.8 Å². The van der Waals surface area contributed by atoms with Crippen molar-refractivity contribution in [1.29, 1.82) is 0 Å². The molecule has 0 bridgehead atoms. The number of carbonyl (C=O) groups is 1. The molecule has 76 valence electrons. The van der Waals surface area contributed by atoms with E-state index in [4.69, 9.17) is 0 Å². The average molecular weight is 217 g/mol. The number of carbonyl (C=O) groups excluding carboxylic acids is 1. The molecule has 15 heavy (non-hydrogen) atoms. The second kappa shape index (κ2) is 5.69. The predicted octanol–water partition coefficient (Wildman–Crippen LogP) is -1.90. The van der Waals surface area contributed by atoms with Crippen LogP contribution in [0.1, 0.15) is 42.3 Å². The van der Waals surface area contributed by atoms with Crippen LogP contribution in [0.2, 0.25) is 0 Å². The molecule has 3 nitrogen and oxygen atoms in total. The van der Waals surface area contributed by atoms with E-state index in [9.17, 15) is 9.90 Å². The van der Waals surface area contributed by atoms with Gasteiger partial charge in [0.15, 0.2) is 0 Å². The molecule has 0 atom stereocenters. The first-order valence-electron chi connectivity index (χ1n) is 4.90. The maximum atomic E-state index is 10.4. The minimum Gasteiger partial charge on any atom is -0.550 e. The second-order valence-corrected chi connectivity index (χ2v) is 4.64. The molecule has 0 amide bonds. The SMILES string of the molecule is O=C([O-])Cc1nc(C2CCCC2)cs1.[Li+]. The van der Waals surface area contributed by atoms with Gasteiger partial charge in [-0.3, -0.25) is 0 Å². The Bertz CT molecular complexity index is 334. The van der Waals surface area contributed by atoms with E-state index in [2.05, 4.69) is 4.98 Å². The first-order chi connectivity index (χ1) is 6.75. The van der Waals surface area contributed by atoms with Gasteiger partial charge >= 0.3 is 18.9 Å². The maximum absolute atomic E-state index is 10.4. The summed E-state index contributed by atoms with van der Waals surface area (Å²) in [5.74, 6) is -0.473. The molecule has 1 fully saturated rings. The van der Waals surface area contributed by atoms with Crippen LogP contribution in [0.3, 0.4) is 0 Å². The summed E-state index contributed by atoms with van der Waals surface area (Å²) in [5.41, 5.74) is 1.09. The quantitative estimate of drug-likeness (QED) is 0.556. The third-order valence-corrected chi connectivity index (χ3v) is 3.51. The van der Waals surface area contributed by atoms with Gasteiger partial charge in [0.2, 0.25) is 0 Å². The molecule has 0 aromatic carbocycles. The van der Waals surface area contributed by atoms with Crippen molar-refractivity contribution in [2.45, 2.75) is 38.0 Å². The van der Waals surface area contributed by atoms with Gasteiger partial charge in [-0.15, -0.1) is 11.3 Å². The number of aromatic nitrogens is 1. The minimum absolute atomic E-state index is 0. The Balaban J connectivity index is 0.00000112. The maximum Gasteiger partial charge on any atom is 1.00 e. The molecule has 1 aromatic rings. The fourth-order valence-corrected chi connectivity index (χ4v) is 2.80. The van der Waals surface area contributed by atoms with E-state index in [-0.39, 0.29) is 25.3 Å². The van der Waals surface area contributed by atoms with Crippen LogP contribution in [0.15, 0.2) is 5.38 Å². The topological polar surface area (TPSA) is 53.0 Å². The summed E-state index contributed by atoms with van der Waals surface area (Å²) >= 11 is 1.43. The number of hydrogen-bond donors (Lipinski definition) is 0. The molecule has 0 aliphatic heterocycles. The van der Waals surface area contributed by atoms with Crippen LogP contribution in [0.5, 0.6) is 0 Å². The Labute approximate surface area is 105 Å². The van der Waals surface area contributed by atoms with E-state index in [0.29, 0.717) is 10.9 Å². The Hall–Kier alpha value is -0.303. The summed E-state index contributed by atoms with van der Waals surface area (Å²) < 4.78 is 0. The van der Waals surface area contributed by atoms with Gasteiger partial charge in [-0.2, -0.15) is 0 Å². The molecule has 2 rings (SSSR count). The predicted molar refractivity (Wildman–Crippen MR) is 52.0 cm³/mol. The number of hydrogen-bond acceptors (Lipinski definition) is 4. The van der Waals surface area contributed by atoms with Crippen LogP contribution >= 0.6 is 11.3 Å². The molecule has 1 heterocycles. The first kappa shape index (κ1) is 12.8. The van der Waals surface area contributed by atoms with Crippen molar-refractivity contribution < 1.29 is 28.8 Å². The summed E-state index contributed by atoms with van der Waals surface area (Å²) in [7, 11) is 0.